The monoisotopic (exact) mass is 1800 g/mol. The van der Waals surface area contributed by atoms with Gasteiger partial charge in [-0.2, -0.15) is 20.5 Å². The van der Waals surface area contributed by atoms with E-state index in [1.54, 1.807) is 117 Å². The van der Waals surface area contributed by atoms with Gasteiger partial charge >= 0.3 is 18.2 Å². The summed E-state index contributed by atoms with van der Waals surface area (Å²) in [5.41, 5.74) is 4.05. The van der Waals surface area contributed by atoms with Crippen LogP contribution in [0.15, 0.2) is 107 Å². The molecule has 2 aliphatic rings. The largest absolute Gasteiger partial charge is 0.480 e. The Balaban J connectivity index is 0.000000769. The lowest BCUT2D eigenvalue weighted by atomic mass is 9.91. The third-order valence-electron chi connectivity index (χ3n) is 14.7. The zero-order valence-electron chi connectivity index (χ0n) is 64.4. The predicted octanol–water partition coefficient (Wildman–Crippen LogP) is 8.91. The number of alkyl halides is 2. The van der Waals surface area contributed by atoms with Crippen molar-refractivity contribution in [2.45, 2.75) is 159 Å². The van der Waals surface area contributed by atoms with E-state index in [4.69, 9.17) is 132 Å². The average Bonchev–Trinajstić information content (AvgIpc) is 1.56. The summed E-state index contributed by atoms with van der Waals surface area (Å²) in [6.45, 7) is 20.7. The number of carbonyl (C=O) groups excluding carboxylic acids is 7. The van der Waals surface area contributed by atoms with E-state index in [-0.39, 0.29) is 114 Å². The number of sulfonamides is 1. The topological polar surface area (TPSA) is 516 Å². The van der Waals surface area contributed by atoms with Gasteiger partial charge in [0, 0.05) is 70.2 Å². The minimum absolute atomic E-state index is 0. The lowest BCUT2D eigenvalue weighted by molar-refractivity contribution is -0.139. The van der Waals surface area contributed by atoms with Crippen LogP contribution in [0.3, 0.4) is 0 Å². The smallest absolute Gasteiger partial charge is 0.408 e. The first kappa shape index (κ1) is 104. The fourth-order valence-corrected chi connectivity index (χ4v) is 13.3. The van der Waals surface area contributed by atoms with E-state index < -0.39 is 101 Å². The summed E-state index contributed by atoms with van der Waals surface area (Å²) < 4.78 is 66.3. The molecule has 12 N–H and O–H groups in total. The molecule has 34 nitrogen and oxygen atoms in total. The molecule has 0 radical (unpaired) electrons. The molecular formula is C71H90Cl8N16O18S2. The number of nitriles is 3. The van der Waals surface area contributed by atoms with Crippen LogP contribution in [0, 0.1) is 34.0 Å². The fourth-order valence-electron chi connectivity index (χ4n) is 9.86. The highest BCUT2D eigenvalue weighted by Crippen LogP contribution is 2.47. The van der Waals surface area contributed by atoms with Crippen LogP contribution in [0.4, 0.5) is 32.9 Å². The molecule has 4 aromatic carbocycles. The van der Waals surface area contributed by atoms with Gasteiger partial charge in [0.1, 0.15) is 34.4 Å². The maximum Gasteiger partial charge on any atom is 0.408 e. The number of halogens is 8. The van der Waals surface area contributed by atoms with Crippen molar-refractivity contribution in [2.75, 3.05) is 54.6 Å². The molecule has 0 saturated heterocycles. The van der Waals surface area contributed by atoms with Gasteiger partial charge in [0.15, 0.2) is 10.1 Å². The van der Waals surface area contributed by atoms with Crippen molar-refractivity contribution in [2.24, 2.45) is 5.73 Å². The third-order valence-corrected chi connectivity index (χ3v) is 18.4. The minimum atomic E-state index is -4.38. The molecule has 44 heteroatoms. The molecule has 7 amide bonds. The molecule has 2 aromatic heterocycles. The quantitative estimate of drug-likeness (QED) is 0.0223. The van der Waals surface area contributed by atoms with Gasteiger partial charge in [0.05, 0.1) is 90.3 Å². The molecule has 4 heterocycles. The maximum absolute atomic E-state index is 14.0. The Labute approximate surface area is 706 Å². The number of carboxylic acid groups (broad SMARTS) is 1. The summed E-state index contributed by atoms with van der Waals surface area (Å²) in [7, 11) is -2.93. The van der Waals surface area contributed by atoms with Gasteiger partial charge in [-0.1, -0.05) is 70.7 Å². The first-order chi connectivity index (χ1) is 52.9. The van der Waals surface area contributed by atoms with Gasteiger partial charge in [0.25, 0.3) is 30.9 Å². The lowest BCUT2D eigenvalue weighted by Gasteiger charge is -2.27. The van der Waals surface area contributed by atoms with Crippen LogP contribution >= 0.6 is 92.7 Å². The van der Waals surface area contributed by atoms with Crippen molar-refractivity contribution in [3.05, 3.63) is 140 Å². The molecule has 2 aliphatic heterocycles. The number of alkyl carbamates (subject to hydrolysis) is 2. The Bertz CT molecular complexity index is 4670. The fraction of sp³-hybridized carbons (Fsp3) is 0.423. The van der Waals surface area contributed by atoms with Gasteiger partial charge < -0.3 is 62.2 Å². The number of imidazole rings is 2. The van der Waals surface area contributed by atoms with Crippen LogP contribution in [0.1, 0.15) is 112 Å². The van der Waals surface area contributed by atoms with Crippen LogP contribution < -0.4 is 46.8 Å². The minimum Gasteiger partial charge on any atom is -0.480 e. The highest BCUT2D eigenvalue weighted by atomic mass is 35.7. The lowest BCUT2D eigenvalue weighted by Crippen LogP contribution is -2.47. The van der Waals surface area contributed by atoms with Gasteiger partial charge in [-0.25, -0.2) is 46.2 Å². The molecule has 0 bridgehead atoms. The number of hydrogen-bond donors (Lipinski definition) is 11. The molecule has 0 unspecified atom stereocenters. The summed E-state index contributed by atoms with van der Waals surface area (Å²) in [6.07, 6.45) is 1.05. The van der Waals surface area contributed by atoms with E-state index in [1.807, 2.05) is 12.1 Å². The van der Waals surface area contributed by atoms with E-state index >= 15 is 0 Å². The second kappa shape index (κ2) is 47.4. The highest BCUT2D eigenvalue weighted by Gasteiger charge is 2.53. The van der Waals surface area contributed by atoms with E-state index in [2.05, 4.69) is 41.3 Å². The number of aromatic nitrogens is 4. The predicted molar refractivity (Wildman–Crippen MR) is 436 cm³/mol. The number of hydrogen-bond acceptors (Lipinski definition) is 23. The number of aliphatic carboxylic acids is 1. The Morgan fingerprint density at radius 3 is 1.19 bits per heavy atom. The zero-order valence-corrected chi connectivity index (χ0v) is 72.1. The van der Waals surface area contributed by atoms with Crippen molar-refractivity contribution in [3.8, 4) is 18.2 Å². The van der Waals surface area contributed by atoms with Crippen molar-refractivity contribution in [3.63, 3.8) is 0 Å². The van der Waals surface area contributed by atoms with Gasteiger partial charge in [-0.15, -0.1) is 35.6 Å². The number of aliphatic hydroxyl groups excluding tert-OH is 3. The molecule has 115 heavy (non-hydrogen) atoms. The Morgan fingerprint density at radius 2 is 0.887 bits per heavy atom. The second-order valence-corrected chi connectivity index (χ2v) is 33.3. The Hall–Kier alpha value is -8.85. The van der Waals surface area contributed by atoms with E-state index in [9.17, 15) is 55.2 Å². The van der Waals surface area contributed by atoms with Crippen molar-refractivity contribution in [1.82, 2.24) is 50.4 Å². The third kappa shape index (κ3) is 32.3. The van der Waals surface area contributed by atoms with Crippen LogP contribution in [0.2, 0.25) is 20.1 Å². The summed E-state index contributed by atoms with van der Waals surface area (Å²) >= 11 is 34.2. The van der Waals surface area contributed by atoms with Crippen molar-refractivity contribution < 1.29 is 85.1 Å². The number of benzene rings is 4. The summed E-state index contributed by atoms with van der Waals surface area (Å²) in [6, 6.07) is 24.9. The zero-order chi connectivity index (χ0) is 87.2. The van der Waals surface area contributed by atoms with Crippen LogP contribution in [0.5, 0.6) is 0 Å². The number of fused-ring (bicyclic) bond motifs is 2. The molecule has 630 valence electrons. The standard InChI is InChI=1S/C25H24Cl2N6O5S.C20H13Cl3N4O3S.C10H20N2O4.C8H15NO4.C5H12N2O2.C2H3N.CH2Cl2.ClH/c1-15(22(35)29-7-8-34)31-39(37,38)21-14-30-24-32(20-10-18(26)9-19(27)11-20)23(36)25(2,33(21)24)12-16-3-5-17(13-28)6-4-16;1-20(9-12-2-4-13(10-24)5-3-12)18(28)26(16-7-14(21)6-15(22)8-16)19-25-11-17(27(19)20)31(23,29)30;1-7(8(14)11-5-6-13)12-9(15)16-10(2,3)4;1-5(6(10)11)9-7(12)13-8(2,3)4;1-4(6)5(9)7-2-3-8;1-2-3;2-1-3;/h3-6,9-11,14-15,31,34H,7-8,12H2,1-2H3,(H,29,35);2-8,11H,9H2,1H3;7,13H,5-6H2,1-4H3,(H,11,14)(H,12,15);5H,1-4H3,(H,9,12)(H,10,11);4,8H,2-3,6H2,1H3,(H,7,9);1H3;1H2;1H/t15-,25+;20-;7-;5-;4-;;;/m01000.../s1. The molecule has 8 rings (SSSR count). The summed E-state index contributed by atoms with van der Waals surface area (Å²) in [5, 5.41) is 72.1. The number of carbonyl (C=O) groups is 8. The van der Waals surface area contributed by atoms with Gasteiger partial charge in [0.2, 0.25) is 29.6 Å². The van der Waals surface area contributed by atoms with Crippen LogP contribution in [-0.4, -0.2) is 184 Å². The second-order valence-electron chi connectivity index (χ2n) is 26.5. The Kier molecular flexibility index (Phi) is 42.9. The number of nitrogens with zero attached hydrogens (tertiary/aromatic N) is 9. The van der Waals surface area contributed by atoms with Crippen molar-refractivity contribution >= 4 is 183 Å². The molecule has 0 fully saturated rings. The molecule has 0 spiro atoms. The molecule has 6 atom stereocenters. The average molecular weight is 1800 g/mol. The highest BCUT2D eigenvalue weighted by molar-refractivity contribution is 8.13. The normalized spacial score (nSPS) is 15.3. The SMILES string of the molecule is CC#N.C[C@@]1(Cc2ccc(C#N)cc2)C(=O)N(c2cc(Cl)cc(Cl)c2)c2ncc(S(=O)(=O)Cl)n21.C[C@H](N)C(=O)NCCO.C[C@H](NC(=O)OC(C)(C)C)C(=O)NCCO.C[C@H](NC(=O)OC(C)(C)C)C(=O)O.C[C@H](NS(=O)(=O)c1cnc2n1[C@](C)(Cc1ccc(C#N)cc1)C(=O)N2c1cc(Cl)cc(Cl)c1)C(=O)NCCO.Cl.ClCCl. The van der Waals surface area contributed by atoms with E-state index in [0.717, 1.165) is 18.0 Å². The molecular weight excluding hydrogens is 1710 g/mol. The number of amides is 7. The van der Waals surface area contributed by atoms with Gasteiger partial charge in [-0.05, 0) is 155 Å². The molecule has 0 aliphatic carbocycles. The number of anilines is 4. The molecule has 6 aromatic rings. The summed E-state index contributed by atoms with van der Waals surface area (Å²) in [4.78, 5) is 105. The first-order valence-corrected chi connectivity index (χ1v) is 40.1. The number of carboxylic acids is 1. The van der Waals surface area contributed by atoms with Crippen LogP contribution in [-0.2, 0) is 81.2 Å². The van der Waals surface area contributed by atoms with E-state index in [0.29, 0.717) is 38.1 Å². The Morgan fingerprint density at radius 1 is 0.574 bits per heavy atom. The number of ether oxygens (including phenoxy) is 2. The first-order valence-electron chi connectivity index (χ1n) is 33.7. The number of aliphatic hydroxyl groups is 3. The molecule has 0 saturated carbocycles. The van der Waals surface area contributed by atoms with Gasteiger partial charge in [-0.3, -0.25) is 37.9 Å². The van der Waals surface area contributed by atoms with E-state index in [1.165, 1.54) is 83.0 Å². The van der Waals surface area contributed by atoms with Crippen LogP contribution in [0.25, 0.3) is 0 Å². The number of nitrogens with one attached hydrogen (secondary N) is 6. The number of rotatable bonds is 22. The summed E-state index contributed by atoms with van der Waals surface area (Å²) in [5.74, 6) is -3.14. The van der Waals surface area contributed by atoms with Crippen molar-refractivity contribution in [1.29, 1.82) is 15.8 Å². The maximum atomic E-state index is 14.0. The number of nitrogens with two attached hydrogens (primary N) is 1.